The van der Waals surface area contributed by atoms with Crippen molar-refractivity contribution in [2.45, 2.75) is 0 Å². The summed E-state index contributed by atoms with van der Waals surface area (Å²) >= 11 is 17.8. The molecule has 1 amide bonds. The summed E-state index contributed by atoms with van der Waals surface area (Å²) in [5.41, 5.74) is 5.36. The summed E-state index contributed by atoms with van der Waals surface area (Å²) < 4.78 is 1.31. The van der Waals surface area contributed by atoms with Gasteiger partial charge in [-0.15, -0.1) is 0 Å². The van der Waals surface area contributed by atoms with Crippen LogP contribution < -0.4 is 5.73 Å². The molecule has 0 bridgehead atoms. The van der Waals surface area contributed by atoms with Gasteiger partial charge in [0.2, 0.25) is 0 Å². The Labute approximate surface area is 112 Å². The first-order chi connectivity index (χ1) is 8.02. The lowest BCUT2D eigenvalue weighted by Gasteiger charge is -2.08. The predicted molar refractivity (Wildman–Crippen MR) is 67.1 cm³/mol. The molecule has 2 aromatic rings. The summed E-state index contributed by atoms with van der Waals surface area (Å²) in [4.78, 5) is 15.3. The fourth-order valence-corrected chi connectivity index (χ4v) is 2.01. The Kier molecular flexibility index (Phi) is 3.28. The molecule has 0 aliphatic heterocycles. The van der Waals surface area contributed by atoms with Crippen molar-refractivity contribution in [3.63, 3.8) is 0 Å². The van der Waals surface area contributed by atoms with Crippen LogP contribution in [0.3, 0.4) is 0 Å². The van der Waals surface area contributed by atoms with E-state index < -0.39 is 5.91 Å². The van der Waals surface area contributed by atoms with Gasteiger partial charge in [0.15, 0.2) is 5.82 Å². The van der Waals surface area contributed by atoms with E-state index in [0.717, 1.165) is 0 Å². The van der Waals surface area contributed by atoms with Gasteiger partial charge >= 0.3 is 0 Å². The highest BCUT2D eigenvalue weighted by Crippen LogP contribution is 2.31. The first kappa shape index (κ1) is 12.2. The molecule has 2 N–H and O–H groups in total. The summed E-state index contributed by atoms with van der Waals surface area (Å²) in [6.07, 6.45) is 1.52. The molecule has 0 atom stereocenters. The average molecular weight is 291 g/mol. The van der Waals surface area contributed by atoms with Crippen molar-refractivity contribution in [2.75, 3.05) is 0 Å². The van der Waals surface area contributed by atoms with E-state index in [4.69, 9.17) is 40.5 Å². The number of nitrogens with two attached hydrogens (primary N) is 1. The zero-order valence-electron chi connectivity index (χ0n) is 8.32. The Bertz CT molecular complexity index is 594. The summed E-state index contributed by atoms with van der Waals surface area (Å²) in [6.45, 7) is 0. The maximum absolute atomic E-state index is 11.3. The number of hydrogen-bond acceptors (Lipinski definition) is 2. The van der Waals surface area contributed by atoms with Gasteiger partial charge in [-0.1, -0.05) is 34.8 Å². The summed E-state index contributed by atoms with van der Waals surface area (Å²) in [5.74, 6) is -0.361. The van der Waals surface area contributed by atoms with Gasteiger partial charge in [-0.25, -0.2) is 4.98 Å². The van der Waals surface area contributed by atoms with Gasteiger partial charge in [-0.05, 0) is 18.2 Å². The van der Waals surface area contributed by atoms with E-state index in [9.17, 15) is 4.79 Å². The number of carbonyl (C=O) groups excluding carboxylic acids is 1. The molecular weight excluding hydrogens is 284 g/mol. The van der Waals surface area contributed by atoms with E-state index in [1.807, 2.05) is 0 Å². The lowest BCUT2D eigenvalue weighted by atomic mass is 10.4. The van der Waals surface area contributed by atoms with Gasteiger partial charge in [-0.3, -0.25) is 9.36 Å². The Balaban J connectivity index is 2.75. The molecular formula is C10H6Cl3N3O. The number of pyridine rings is 1. The van der Waals surface area contributed by atoms with Crippen molar-refractivity contribution in [2.24, 2.45) is 5.73 Å². The Morgan fingerprint density at radius 2 is 2.00 bits per heavy atom. The predicted octanol–water partition coefficient (Wildman–Crippen LogP) is 2.93. The highest BCUT2D eigenvalue weighted by Gasteiger charge is 2.19. The van der Waals surface area contributed by atoms with E-state index >= 15 is 0 Å². The molecule has 0 aromatic carbocycles. The number of primary amides is 1. The summed E-state index contributed by atoms with van der Waals surface area (Å²) in [7, 11) is 0. The largest absolute Gasteiger partial charge is 0.364 e. The number of carbonyl (C=O) groups is 1. The minimum atomic E-state index is -0.666. The number of nitrogens with zero attached hydrogens (tertiary/aromatic N) is 2. The molecule has 2 aromatic heterocycles. The number of aromatic nitrogens is 2. The van der Waals surface area contributed by atoms with Crippen LogP contribution in [0.5, 0.6) is 0 Å². The number of rotatable bonds is 2. The van der Waals surface area contributed by atoms with Crippen LogP contribution in [0.4, 0.5) is 0 Å². The SMILES string of the molecule is NC(=O)c1cc(Cl)c(Cl)n1-c1ncccc1Cl. The molecule has 0 fully saturated rings. The standard InChI is InChI=1S/C10H6Cl3N3O/c11-5-2-1-3-15-10(5)16-7(9(14)17)4-6(12)8(16)13/h1-4H,(H2,14,17). The van der Waals surface area contributed by atoms with E-state index in [0.29, 0.717) is 10.8 Å². The molecule has 0 unspecified atom stereocenters. The zero-order chi connectivity index (χ0) is 12.6. The van der Waals surface area contributed by atoms with E-state index in [2.05, 4.69) is 4.98 Å². The van der Waals surface area contributed by atoms with Crippen molar-refractivity contribution < 1.29 is 4.79 Å². The Hall–Kier alpha value is -1.23. The van der Waals surface area contributed by atoms with E-state index in [1.165, 1.54) is 16.8 Å². The van der Waals surface area contributed by atoms with Crippen LogP contribution in [-0.4, -0.2) is 15.5 Å². The molecule has 0 saturated carbocycles. The third-order valence-electron chi connectivity index (χ3n) is 2.10. The minimum Gasteiger partial charge on any atom is -0.364 e. The zero-order valence-corrected chi connectivity index (χ0v) is 10.6. The molecule has 17 heavy (non-hydrogen) atoms. The van der Waals surface area contributed by atoms with Crippen molar-refractivity contribution in [1.29, 1.82) is 0 Å². The lowest BCUT2D eigenvalue weighted by Crippen LogP contribution is -2.16. The Morgan fingerprint density at radius 3 is 2.59 bits per heavy atom. The van der Waals surface area contributed by atoms with E-state index in [-0.39, 0.29) is 15.9 Å². The molecule has 4 nitrogen and oxygen atoms in total. The second kappa shape index (κ2) is 4.56. The number of halogens is 3. The minimum absolute atomic E-state index is 0.126. The third-order valence-corrected chi connectivity index (χ3v) is 3.15. The van der Waals surface area contributed by atoms with Gasteiger partial charge < -0.3 is 5.73 Å². The van der Waals surface area contributed by atoms with Gasteiger partial charge in [0.05, 0.1) is 10.0 Å². The molecule has 88 valence electrons. The van der Waals surface area contributed by atoms with Crippen molar-refractivity contribution in [3.05, 3.63) is 45.3 Å². The fraction of sp³-hybridized carbons (Fsp3) is 0. The van der Waals surface area contributed by atoms with Crippen LogP contribution in [0, 0.1) is 0 Å². The second-order valence-corrected chi connectivity index (χ2v) is 4.35. The van der Waals surface area contributed by atoms with Crippen LogP contribution in [0.1, 0.15) is 10.5 Å². The number of hydrogen-bond donors (Lipinski definition) is 1. The number of amides is 1. The highest BCUT2D eigenvalue weighted by molar-refractivity contribution is 6.42. The molecule has 0 aliphatic carbocycles. The van der Waals surface area contributed by atoms with Gasteiger partial charge in [0, 0.05) is 6.20 Å². The quantitative estimate of drug-likeness (QED) is 0.924. The van der Waals surface area contributed by atoms with Gasteiger partial charge in [-0.2, -0.15) is 0 Å². The monoisotopic (exact) mass is 289 g/mol. The average Bonchev–Trinajstić information content (AvgIpc) is 2.57. The van der Waals surface area contributed by atoms with Gasteiger partial charge in [0.1, 0.15) is 10.8 Å². The maximum Gasteiger partial charge on any atom is 0.265 e. The van der Waals surface area contributed by atoms with Crippen LogP contribution in [-0.2, 0) is 0 Å². The lowest BCUT2D eigenvalue weighted by molar-refractivity contribution is 0.0994. The second-order valence-electron chi connectivity index (χ2n) is 3.18. The molecule has 2 rings (SSSR count). The topological polar surface area (TPSA) is 60.9 Å². The molecule has 2 heterocycles. The third kappa shape index (κ3) is 2.11. The molecule has 0 saturated heterocycles. The van der Waals surface area contributed by atoms with Crippen LogP contribution in [0.15, 0.2) is 24.4 Å². The van der Waals surface area contributed by atoms with Crippen molar-refractivity contribution >= 4 is 40.7 Å². The smallest absolute Gasteiger partial charge is 0.265 e. The Morgan fingerprint density at radius 1 is 1.29 bits per heavy atom. The van der Waals surface area contributed by atoms with Crippen LogP contribution >= 0.6 is 34.8 Å². The molecule has 0 radical (unpaired) electrons. The first-order valence-corrected chi connectivity index (χ1v) is 5.63. The molecule has 7 heteroatoms. The van der Waals surface area contributed by atoms with E-state index in [1.54, 1.807) is 12.1 Å². The van der Waals surface area contributed by atoms with Gasteiger partial charge in [0.25, 0.3) is 5.91 Å². The first-order valence-electron chi connectivity index (χ1n) is 4.50. The van der Waals surface area contributed by atoms with Crippen molar-refractivity contribution in [1.82, 2.24) is 9.55 Å². The maximum atomic E-state index is 11.3. The summed E-state index contributed by atoms with van der Waals surface area (Å²) in [6, 6.07) is 4.66. The highest BCUT2D eigenvalue weighted by atomic mass is 35.5. The van der Waals surface area contributed by atoms with Crippen molar-refractivity contribution in [3.8, 4) is 5.82 Å². The van der Waals surface area contributed by atoms with Crippen LogP contribution in [0.25, 0.3) is 5.82 Å². The molecule has 0 spiro atoms. The fourth-order valence-electron chi connectivity index (χ4n) is 1.39. The molecule has 0 aliphatic rings. The normalized spacial score (nSPS) is 10.5. The summed E-state index contributed by atoms with van der Waals surface area (Å²) in [5, 5.41) is 0.687. The van der Waals surface area contributed by atoms with Crippen LogP contribution in [0.2, 0.25) is 15.2 Å².